The molecule has 5 nitrogen and oxygen atoms in total. The van der Waals surface area contributed by atoms with Crippen molar-refractivity contribution < 1.29 is 0 Å². The van der Waals surface area contributed by atoms with E-state index in [-0.39, 0.29) is 0 Å². The molecule has 150 valence electrons. The zero-order valence-corrected chi connectivity index (χ0v) is 17.6. The fraction of sp³-hybridized carbons (Fsp3) is 0.565. The van der Waals surface area contributed by atoms with E-state index < -0.39 is 0 Å². The van der Waals surface area contributed by atoms with Crippen molar-refractivity contribution in [2.45, 2.75) is 51.0 Å². The molecule has 2 fully saturated rings. The van der Waals surface area contributed by atoms with Gasteiger partial charge in [-0.25, -0.2) is 0 Å². The van der Waals surface area contributed by atoms with Gasteiger partial charge in [-0.2, -0.15) is 5.10 Å². The second-order valence-electron chi connectivity index (χ2n) is 8.79. The van der Waals surface area contributed by atoms with Gasteiger partial charge in [-0.3, -0.25) is 9.67 Å². The van der Waals surface area contributed by atoms with E-state index in [1.54, 1.807) is 0 Å². The van der Waals surface area contributed by atoms with Crippen LogP contribution in [0.25, 0.3) is 0 Å². The summed E-state index contributed by atoms with van der Waals surface area (Å²) in [5.74, 6) is 2.96. The Hall–Kier alpha value is -2.30. The SMILES string of the molecule is CN=C(NC1CC1c1ccc(C(C)C)cc1)N1CCC(Cc2cnn(C)c2)C1. The highest BCUT2D eigenvalue weighted by atomic mass is 15.3. The van der Waals surface area contributed by atoms with Gasteiger partial charge in [-0.1, -0.05) is 38.1 Å². The predicted molar refractivity (Wildman–Crippen MR) is 115 cm³/mol. The highest BCUT2D eigenvalue weighted by Crippen LogP contribution is 2.41. The Kier molecular flexibility index (Phi) is 5.42. The summed E-state index contributed by atoms with van der Waals surface area (Å²) >= 11 is 0. The summed E-state index contributed by atoms with van der Waals surface area (Å²) in [6.45, 7) is 6.66. The van der Waals surface area contributed by atoms with Crippen molar-refractivity contribution in [2.75, 3.05) is 20.1 Å². The Morgan fingerprint density at radius 1 is 1.29 bits per heavy atom. The van der Waals surface area contributed by atoms with Gasteiger partial charge >= 0.3 is 0 Å². The number of nitrogens with zero attached hydrogens (tertiary/aromatic N) is 4. The molecule has 2 aliphatic rings. The first-order chi connectivity index (χ1) is 13.5. The average Bonchev–Trinajstić information content (AvgIpc) is 3.09. The molecular weight excluding hydrogens is 346 g/mol. The smallest absolute Gasteiger partial charge is 0.193 e. The molecule has 1 aliphatic heterocycles. The van der Waals surface area contributed by atoms with Gasteiger partial charge < -0.3 is 10.2 Å². The first-order valence-electron chi connectivity index (χ1n) is 10.6. The van der Waals surface area contributed by atoms with Gasteiger partial charge in [0.05, 0.1) is 6.20 Å². The number of likely N-dealkylation sites (tertiary alicyclic amines) is 1. The van der Waals surface area contributed by atoms with Crippen LogP contribution in [0.2, 0.25) is 0 Å². The Balaban J connectivity index is 1.30. The quantitative estimate of drug-likeness (QED) is 0.638. The van der Waals surface area contributed by atoms with E-state index in [4.69, 9.17) is 0 Å². The van der Waals surface area contributed by atoms with E-state index in [1.807, 2.05) is 25.0 Å². The zero-order valence-electron chi connectivity index (χ0n) is 17.6. The standard InChI is InChI=1S/C23H33N5/c1-16(2)19-5-7-20(8-6-19)21-12-22(21)26-23(24-3)28-10-9-17(15-28)11-18-13-25-27(4)14-18/h5-8,13-14,16-17,21-22H,9-12,15H2,1-4H3,(H,24,26). The van der Waals surface area contributed by atoms with Crippen LogP contribution in [0.15, 0.2) is 41.7 Å². The zero-order chi connectivity index (χ0) is 19.7. The van der Waals surface area contributed by atoms with Gasteiger partial charge in [0, 0.05) is 45.3 Å². The molecule has 0 amide bonds. The Morgan fingerprint density at radius 3 is 2.71 bits per heavy atom. The summed E-state index contributed by atoms with van der Waals surface area (Å²) in [7, 11) is 3.89. The summed E-state index contributed by atoms with van der Waals surface area (Å²) < 4.78 is 1.89. The molecule has 1 N–H and O–H groups in total. The van der Waals surface area contributed by atoms with E-state index in [1.165, 1.54) is 29.5 Å². The normalized spacial score (nSPS) is 24.8. The number of benzene rings is 1. The summed E-state index contributed by atoms with van der Waals surface area (Å²) in [6, 6.07) is 9.71. The van der Waals surface area contributed by atoms with Crippen molar-refractivity contribution in [3.8, 4) is 0 Å². The lowest BCUT2D eigenvalue weighted by molar-refractivity contribution is 0.459. The molecule has 1 aromatic heterocycles. The minimum Gasteiger partial charge on any atom is -0.353 e. The molecule has 4 rings (SSSR count). The van der Waals surface area contributed by atoms with Gasteiger partial charge in [0.1, 0.15) is 0 Å². The van der Waals surface area contributed by atoms with Crippen molar-refractivity contribution in [3.63, 3.8) is 0 Å². The minimum atomic E-state index is 0.515. The highest BCUT2D eigenvalue weighted by Gasteiger charge is 2.40. The van der Waals surface area contributed by atoms with Crippen molar-refractivity contribution in [1.29, 1.82) is 0 Å². The molecule has 2 aromatic rings. The maximum absolute atomic E-state index is 4.58. The number of rotatable bonds is 5. The number of aliphatic imine (C=N–C) groups is 1. The molecule has 3 atom stereocenters. The first-order valence-corrected chi connectivity index (χ1v) is 10.6. The Labute approximate surface area is 168 Å². The third kappa shape index (κ3) is 4.23. The number of hydrogen-bond donors (Lipinski definition) is 1. The van der Waals surface area contributed by atoms with Crippen molar-refractivity contribution in [2.24, 2.45) is 18.0 Å². The van der Waals surface area contributed by atoms with Crippen LogP contribution in [0, 0.1) is 5.92 Å². The monoisotopic (exact) mass is 379 g/mol. The third-order valence-corrected chi connectivity index (χ3v) is 6.22. The molecular formula is C23H33N5. The summed E-state index contributed by atoms with van der Waals surface area (Å²) in [5, 5.41) is 8.01. The van der Waals surface area contributed by atoms with Gasteiger partial charge in [0.25, 0.3) is 0 Å². The number of hydrogen-bond acceptors (Lipinski definition) is 2. The molecule has 1 saturated carbocycles. The van der Waals surface area contributed by atoms with Crippen LogP contribution < -0.4 is 5.32 Å². The van der Waals surface area contributed by atoms with Gasteiger partial charge in [0.2, 0.25) is 0 Å². The minimum absolute atomic E-state index is 0.515. The van der Waals surface area contributed by atoms with Crippen molar-refractivity contribution in [3.05, 3.63) is 53.3 Å². The highest BCUT2D eigenvalue weighted by molar-refractivity contribution is 5.81. The van der Waals surface area contributed by atoms with Crippen LogP contribution in [-0.4, -0.2) is 46.8 Å². The van der Waals surface area contributed by atoms with Gasteiger partial charge in [-0.15, -0.1) is 0 Å². The fourth-order valence-corrected chi connectivity index (χ4v) is 4.42. The molecule has 1 aromatic carbocycles. The van der Waals surface area contributed by atoms with Crippen molar-refractivity contribution >= 4 is 5.96 Å². The fourth-order valence-electron chi connectivity index (χ4n) is 4.42. The summed E-state index contributed by atoms with van der Waals surface area (Å²) in [4.78, 5) is 7.01. The van der Waals surface area contributed by atoms with Crippen LogP contribution in [0.4, 0.5) is 0 Å². The van der Waals surface area contributed by atoms with Gasteiger partial charge in [-0.05, 0) is 47.8 Å². The van der Waals surface area contributed by atoms with E-state index in [0.29, 0.717) is 23.8 Å². The maximum atomic E-state index is 4.58. The van der Waals surface area contributed by atoms with Crippen LogP contribution >= 0.6 is 0 Å². The lowest BCUT2D eigenvalue weighted by Gasteiger charge is -2.22. The molecule has 3 unspecified atom stereocenters. The Morgan fingerprint density at radius 2 is 2.07 bits per heavy atom. The second-order valence-corrected chi connectivity index (χ2v) is 8.79. The lowest BCUT2D eigenvalue weighted by atomic mass is 10.0. The van der Waals surface area contributed by atoms with Crippen LogP contribution in [0.5, 0.6) is 0 Å². The Bertz CT molecular complexity index is 820. The summed E-state index contributed by atoms with van der Waals surface area (Å²) in [5.41, 5.74) is 4.21. The molecule has 0 spiro atoms. The second kappa shape index (κ2) is 7.98. The van der Waals surface area contributed by atoms with Crippen LogP contribution in [0.1, 0.15) is 55.2 Å². The molecule has 1 aliphatic carbocycles. The van der Waals surface area contributed by atoms with E-state index in [0.717, 1.165) is 25.5 Å². The van der Waals surface area contributed by atoms with Crippen LogP contribution in [-0.2, 0) is 13.5 Å². The molecule has 28 heavy (non-hydrogen) atoms. The molecule has 0 radical (unpaired) electrons. The average molecular weight is 380 g/mol. The predicted octanol–water partition coefficient (Wildman–Crippen LogP) is 3.54. The number of guanidine groups is 1. The van der Waals surface area contributed by atoms with Crippen LogP contribution in [0.3, 0.4) is 0 Å². The lowest BCUT2D eigenvalue weighted by Crippen LogP contribution is -2.41. The maximum Gasteiger partial charge on any atom is 0.193 e. The van der Waals surface area contributed by atoms with Gasteiger partial charge in [0.15, 0.2) is 5.96 Å². The first kappa shape index (κ1) is 19.0. The number of aryl methyl sites for hydroxylation is 1. The van der Waals surface area contributed by atoms with E-state index in [9.17, 15) is 0 Å². The molecule has 5 heteroatoms. The topological polar surface area (TPSA) is 45.5 Å². The van der Waals surface area contributed by atoms with Crippen molar-refractivity contribution in [1.82, 2.24) is 20.0 Å². The van der Waals surface area contributed by atoms with E-state index in [2.05, 4.69) is 64.6 Å². The largest absolute Gasteiger partial charge is 0.353 e. The molecule has 2 heterocycles. The van der Waals surface area contributed by atoms with E-state index >= 15 is 0 Å². The molecule has 0 bridgehead atoms. The summed E-state index contributed by atoms with van der Waals surface area (Å²) in [6.07, 6.45) is 7.66. The molecule has 1 saturated heterocycles. The number of aromatic nitrogens is 2. The number of nitrogens with one attached hydrogen (secondary N) is 1. The third-order valence-electron chi connectivity index (χ3n) is 6.22.